The van der Waals surface area contributed by atoms with Crippen LogP contribution in [0.1, 0.15) is 5.56 Å². The summed E-state index contributed by atoms with van der Waals surface area (Å²) in [7, 11) is 3.13. The van der Waals surface area contributed by atoms with E-state index in [4.69, 9.17) is 4.74 Å². The second-order valence-corrected chi connectivity index (χ2v) is 3.60. The summed E-state index contributed by atoms with van der Waals surface area (Å²) in [6.07, 6.45) is 0.594. The Kier molecular flexibility index (Phi) is 8.07. The number of benzene rings is 1. The highest BCUT2D eigenvalue weighted by molar-refractivity contribution is 5.85. The monoisotopic (exact) mass is 276 g/mol. The molecule has 0 spiro atoms. The molecule has 0 fully saturated rings. The molecular formula is C12H18ClFN2O2. The molecule has 0 radical (unpaired) electrons. The molecule has 2 N–H and O–H groups in total. The van der Waals surface area contributed by atoms with Gasteiger partial charge in [-0.1, -0.05) is 6.07 Å². The fourth-order valence-corrected chi connectivity index (χ4v) is 1.43. The Morgan fingerprint density at radius 1 is 1.44 bits per heavy atom. The van der Waals surface area contributed by atoms with Crippen molar-refractivity contribution in [3.05, 3.63) is 29.6 Å². The van der Waals surface area contributed by atoms with E-state index in [-0.39, 0.29) is 36.4 Å². The van der Waals surface area contributed by atoms with Gasteiger partial charge in [-0.15, -0.1) is 12.4 Å². The number of carbonyl (C=O) groups is 1. The standard InChI is InChI=1S/C12H17FN2O2.ClH/c1-14-8-12(16)15-6-5-9-3-4-11(17-2)10(13)7-9;/h3-4,7,14H,5-6,8H2,1-2H3,(H,15,16);1H. The lowest BCUT2D eigenvalue weighted by Crippen LogP contribution is -2.33. The number of carbonyl (C=O) groups excluding carboxylic acids is 1. The summed E-state index contributed by atoms with van der Waals surface area (Å²) in [5.41, 5.74) is 0.827. The predicted molar refractivity (Wildman–Crippen MR) is 70.8 cm³/mol. The number of likely N-dealkylation sites (N-methyl/N-ethyl adjacent to an activating group) is 1. The molecule has 1 aromatic rings. The van der Waals surface area contributed by atoms with Gasteiger partial charge in [0.2, 0.25) is 5.91 Å². The van der Waals surface area contributed by atoms with Crippen molar-refractivity contribution in [1.29, 1.82) is 0 Å². The van der Waals surface area contributed by atoms with Crippen LogP contribution in [-0.2, 0) is 11.2 Å². The fraction of sp³-hybridized carbons (Fsp3) is 0.417. The molecular weight excluding hydrogens is 259 g/mol. The first-order valence-corrected chi connectivity index (χ1v) is 5.41. The molecule has 102 valence electrons. The highest BCUT2D eigenvalue weighted by Crippen LogP contribution is 2.17. The van der Waals surface area contributed by atoms with E-state index in [9.17, 15) is 9.18 Å². The number of hydrogen-bond acceptors (Lipinski definition) is 3. The Morgan fingerprint density at radius 3 is 2.72 bits per heavy atom. The summed E-state index contributed by atoms with van der Waals surface area (Å²) >= 11 is 0. The highest BCUT2D eigenvalue weighted by Gasteiger charge is 2.04. The molecule has 0 aliphatic rings. The molecule has 4 nitrogen and oxygen atoms in total. The average molecular weight is 277 g/mol. The van der Waals surface area contributed by atoms with Gasteiger partial charge >= 0.3 is 0 Å². The predicted octanol–water partition coefficient (Wildman–Crippen LogP) is 1.13. The van der Waals surface area contributed by atoms with E-state index in [0.717, 1.165) is 5.56 Å². The van der Waals surface area contributed by atoms with Gasteiger partial charge in [0.1, 0.15) is 0 Å². The van der Waals surface area contributed by atoms with Crippen LogP contribution in [0, 0.1) is 5.82 Å². The first-order valence-electron chi connectivity index (χ1n) is 5.41. The Labute approximate surface area is 112 Å². The summed E-state index contributed by atoms with van der Waals surface area (Å²) in [5.74, 6) is -0.221. The number of ether oxygens (including phenoxy) is 1. The van der Waals surface area contributed by atoms with Crippen LogP contribution in [0.4, 0.5) is 4.39 Å². The van der Waals surface area contributed by atoms with E-state index in [1.807, 2.05) is 0 Å². The molecule has 0 unspecified atom stereocenters. The molecule has 6 heteroatoms. The lowest BCUT2D eigenvalue weighted by molar-refractivity contribution is -0.120. The third-order valence-electron chi connectivity index (χ3n) is 2.29. The van der Waals surface area contributed by atoms with Crippen molar-refractivity contribution in [2.24, 2.45) is 0 Å². The molecule has 1 amide bonds. The van der Waals surface area contributed by atoms with Gasteiger partial charge in [-0.3, -0.25) is 4.79 Å². The Morgan fingerprint density at radius 2 is 2.17 bits per heavy atom. The van der Waals surface area contributed by atoms with Crippen molar-refractivity contribution >= 4 is 18.3 Å². The lowest BCUT2D eigenvalue weighted by atomic mass is 10.1. The quantitative estimate of drug-likeness (QED) is 0.819. The third kappa shape index (κ3) is 5.33. The maximum atomic E-state index is 13.3. The van der Waals surface area contributed by atoms with Gasteiger partial charge in [0.15, 0.2) is 11.6 Å². The van der Waals surface area contributed by atoms with E-state index in [2.05, 4.69) is 10.6 Å². The van der Waals surface area contributed by atoms with Crippen LogP contribution in [-0.4, -0.2) is 33.2 Å². The molecule has 0 saturated carbocycles. The summed E-state index contributed by atoms with van der Waals surface area (Å²) in [6.45, 7) is 0.781. The van der Waals surface area contributed by atoms with Crippen LogP contribution in [0.3, 0.4) is 0 Å². The smallest absolute Gasteiger partial charge is 0.233 e. The molecule has 0 aromatic heterocycles. The van der Waals surface area contributed by atoms with Gasteiger partial charge in [0, 0.05) is 6.54 Å². The lowest BCUT2D eigenvalue weighted by Gasteiger charge is -2.06. The Bertz CT molecular complexity index is 388. The summed E-state index contributed by atoms with van der Waals surface area (Å²) in [4.78, 5) is 11.1. The first-order chi connectivity index (χ1) is 8.17. The van der Waals surface area contributed by atoms with Crippen molar-refractivity contribution in [3.63, 3.8) is 0 Å². The zero-order valence-electron chi connectivity index (χ0n) is 10.5. The maximum Gasteiger partial charge on any atom is 0.233 e. The highest BCUT2D eigenvalue weighted by atomic mass is 35.5. The number of amides is 1. The topological polar surface area (TPSA) is 50.4 Å². The largest absolute Gasteiger partial charge is 0.494 e. The molecule has 1 rings (SSSR count). The molecule has 0 bridgehead atoms. The van der Waals surface area contributed by atoms with Crippen LogP contribution < -0.4 is 15.4 Å². The van der Waals surface area contributed by atoms with E-state index in [1.165, 1.54) is 13.2 Å². The van der Waals surface area contributed by atoms with Gasteiger partial charge in [-0.25, -0.2) is 4.39 Å². The van der Waals surface area contributed by atoms with Crippen LogP contribution in [0.2, 0.25) is 0 Å². The SMILES string of the molecule is CNCC(=O)NCCc1ccc(OC)c(F)c1.Cl. The van der Waals surface area contributed by atoms with Crippen LogP contribution in [0.25, 0.3) is 0 Å². The summed E-state index contributed by atoms with van der Waals surface area (Å²) < 4.78 is 18.2. The number of halogens is 2. The van der Waals surface area contributed by atoms with Crippen molar-refractivity contribution in [2.45, 2.75) is 6.42 Å². The average Bonchev–Trinajstić information content (AvgIpc) is 2.29. The summed E-state index contributed by atoms with van der Waals surface area (Å²) in [5, 5.41) is 5.48. The van der Waals surface area contributed by atoms with E-state index >= 15 is 0 Å². The molecule has 1 aromatic carbocycles. The minimum absolute atomic E-state index is 0. The zero-order valence-corrected chi connectivity index (χ0v) is 11.3. The second kappa shape index (κ2) is 8.72. The summed E-state index contributed by atoms with van der Waals surface area (Å²) in [6, 6.07) is 4.79. The minimum atomic E-state index is -0.383. The zero-order chi connectivity index (χ0) is 12.7. The normalized spacial score (nSPS) is 9.50. The Balaban J connectivity index is 0.00000289. The molecule has 0 aliphatic carbocycles. The minimum Gasteiger partial charge on any atom is -0.494 e. The third-order valence-corrected chi connectivity index (χ3v) is 2.29. The molecule has 0 atom stereocenters. The van der Waals surface area contributed by atoms with Gasteiger partial charge in [-0.2, -0.15) is 0 Å². The van der Waals surface area contributed by atoms with Gasteiger partial charge < -0.3 is 15.4 Å². The van der Waals surface area contributed by atoms with Crippen molar-refractivity contribution in [2.75, 3.05) is 27.2 Å². The fourth-order valence-electron chi connectivity index (χ4n) is 1.43. The van der Waals surface area contributed by atoms with Crippen LogP contribution in [0.5, 0.6) is 5.75 Å². The molecule has 18 heavy (non-hydrogen) atoms. The number of nitrogens with one attached hydrogen (secondary N) is 2. The van der Waals surface area contributed by atoms with Crippen molar-refractivity contribution in [1.82, 2.24) is 10.6 Å². The van der Waals surface area contributed by atoms with Gasteiger partial charge in [0.25, 0.3) is 0 Å². The van der Waals surface area contributed by atoms with Crippen LogP contribution in [0.15, 0.2) is 18.2 Å². The van der Waals surface area contributed by atoms with Crippen molar-refractivity contribution < 1.29 is 13.9 Å². The van der Waals surface area contributed by atoms with Crippen LogP contribution >= 0.6 is 12.4 Å². The first kappa shape index (κ1) is 16.7. The van der Waals surface area contributed by atoms with Gasteiger partial charge in [-0.05, 0) is 31.2 Å². The molecule has 0 heterocycles. The number of methoxy groups -OCH3 is 1. The van der Waals surface area contributed by atoms with Crippen molar-refractivity contribution in [3.8, 4) is 5.75 Å². The van der Waals surface area contributed by atoms with E-state index in [1.54, 1.807) is 19.2 Å². The maximum absolute atomic E-state index is 13.3. The molecule has 0 aliphatic heterocycles. The number of rotatable bonds is 6. The molecule has 0 saturated heterocycles. The Hall–Kier alpha value is -1.33. The number of hydrogen-bond donors (Lipinski definition) is 2. The van der Waals surface area contributed by atoms with E-state index < -0.39 is 0 Å². The van der Waals surface area contributed by atoms with E-state index in [0.29, 0.717) is 13.0 Å². The second-order valence-electron chi connectivity index (χ2n) is 3.60. The van der Waals surface area contributed by atoms with Gasteiger partial charge in [0.05, 0.1) is 13.7 Å².